The van der Waals surface area contributed by atoms with Crippen molar-refractivity contribution in [2.24, 2.45) is 9.98 Å². The van der Waals surface area contributed by atoms with Crippen LogP contribution in [0.4, 0.5) is 0 Å². The number of thiazole rings is 1. The van der Waals surface area contributed by atoms with Crippen molar-refractivity contribution in [3.8, 4) is 6.07 Å². The molecule has 9 nitrogen and oxygen atoms in total. The number of rotatable bonds is 2. The number of guanidine groups is 1. The highest BCUT2D eigenvalue weighted by atomic mass is 32.1. The molecule has 31 heavy (non-hydrogen) atoms. The number of amides is 1. The number of hydrogen-bond donors (Lipinski definition) is 2. The monoisotopic (exact) mass is 437 g/mol. The molecule has 1 aromatic heterocycles. The first kappa shape index (κ1) is 20.1. The van der Waals surface area contributed by atoms with Crippen LogP contribution in [0, 0.1) is 11.3 Å². The molecule has 0 radical (unpaired) electrons. The van der Waals surface area contributed by atoms with Crippen molar-refractivity contribution in [2.45, 2.75) is 24.8 Å². The zero-order valence-corrected chi connectivity index (χ0v) is 17.8. The van der Waals surface area contributed by atoms with Gasteiger partial charge >= 0.3 is 0 Å². The summed E-state index contributed by atoms with van der Waals surface area (Å²) in [4.78, 5) is 29.7. The van der Waals surface area contributed by atoms with Gasteiger partial charge in [0.25, 0.3) is 0 Å². The molecule has 2 atom stereocenters. The van der Waals surface area contributed by atoms with Crippen LogP contribution in [0.25, 0.3) is 10.2 Å². The molecule has 1 amide bonds. The number of fused-ring (bicyclic) bond motifs is 1. The van der Waals surface area contributed by atoms with Gasteiger partial charge in [-0.1, -0.05) is 0 Å². The summed E-state index contributed by atoms with van der Waals surface area (Å²) >= 11 is 1.45. The highest BCUT2D eigenvalue weighted by Gasteiger charge is 2.36. The standard InChI is InChI=1S/C21H23N7O2S/c22-11-13-3-4-16-15(10-13)25-20(31-16)17-18(24-14-2-1-5-23-12-14)26-21(27-19(17)29)28-6-8-30-9-7-28/h3-4,10,14,17,23H,1-2,5-9,12H2,(H,24,26,27,29)/t14-,17?/m1/s1. The van der Waals surface area contributed by atoms with Gasteiger partial charge in [-0.25, -0.2) is 4.98 Å². The van der Waals surface area contributed by atoms with Crippen molar-refractivity contribution in [3.63, 3.8) is 0 Å². The molecule has 2 aromatic rings. The maximum absolute atomic E-state index is 13.3. The summed E-state index contributed by atoms with van der Waals surface area (Å²) in [7, 11) is 0. The zero-order chi connectivity index (χ0) is 21.2. The quantitative estimate of drug-likeness (QED) is 0.730. The molecule has 1 unspecified atom stereocenters. The highest BCUT2D eigenvalue weighted by molar-refractivity contribution is 7.18. The Balaban J connectivity index is 1.54. The van der Waals surface area contributed by atoms with E-state index in [1.807, 2.05) is 11.0 Å². The largest absolute Gasteiger partial charge is 0.378 e. The fraction of sp³-hybridized carbons (Fsp3) is 0.476. The molecule has 0 bridgehead atoms. The minimum absolute atomic E-state index is 0.0893. The second kappa shape index (κ2) is 8.70. The molecule has 3 aliphatic heterocycles. The Morgan fingerprint density at radius 1 is 1.32 bits per heavy atom. The molecule has 0 saturated carbocycles. The normalized spacial score (nSPS) is 25.9. The van der Waals surface area contributed by atoms with E-state index in [9.17, 15) is 10.1 Å². The van der Waals surface area contributed by atoms with Crippen molar-refractivity contribution < 1.29 is 9.53 Å². The molecule has 2 saturated heterocycles. The number of hydrogen-bond acceptors (Lipinski definition) is 8. The molecule has 3 aliphatic rings. The highest BCUT2D eigenvalue weighted by Crippen LogP contribution is 2.31. The van der Waals surface area contributed by atoms with Crippen LogP contribution in [0.5, 0.6) is 0 Å². The molecule has 10 heteroatoms. The van der Waals surface area contributed by atoms with Gasteiger partial charge in [0.15, 0.2) is 0 Å². The van der Waals surface area contributed by atoms with E-state index in [4.69, 9.17) is 14.7 Å². The second-order valence-electron chi connectivity index (χ2n) is 7.79. The van der Waals surface area contributed by atoms with Gasteiger partial charge in [0.05, 0.1) is 41.1 Å². The van der Waals surface area contributed by atoms with E-state index in [1.165, 1.54) is 11.3 Å². The number of nitriles is 1. The molecule has 2 N–H and O–H groups in total. The molecule has 0 spiro atoms. The first-order valence-electron chi connectivity index (χ1n) is 10.5. The lowest BCUT2D eigenvalue weighted by atomic mass is 10.0. The number of morpholine rings is 1. The molecule has 2 fully saturated rings. The van der Waals surface area contributed by atoms with E-state index in [0.717, 1.165) is 30.6 Å². The third kappa shape index (κ3) is 4.17. The van der Waals surface area contributed by atoms with Crippen LogP contribution in [0.2, 0.25) is 0 Å². The average Bonchev–Trinajstić information content (AvgIpc) is 3.22. The van der Waals surface area contributed by atoms with Crippen LogP contribution in [-0.4, -0.2) is 73.0 Å². The average molecular weight is 438 g/mol. The molecular weight excluding hydrogens is 414 g/mol. The molecule has 1 aromatic carbocycles. The maximum Gasteiger partial charge on any atom is 0.244 e. The van der Waals surface area contributed by atoms with E-state index in [-0.39, 0.29) is 11.9 Å². The third-order valence-electron chi connectivity index (χ3n) is 5.65. The topological polar surface area (TPSA) is 115 Å². The number of ether oxygens (including phenoxy) is 1. The molecular formula is C21H23N7O2S. The van der Waals surface area contributed by atoms with Gasteiger partial charge in [0.1, 0.15) is 16.8 Å². The van der Waals surface area contributed by atoms with Crippen molar-refractivity contribution in [2.75, 3.05) is 39.4 Å². The number of nitrogens with one attached hydrogen (secondary N) is 2. The number of aliphatic imine (C=N–C) groups is 2. The predicted octanol–water partition coefficient (Wildman–Crippen LogP) is 1.22. The Morgan fingerprint density at radius 3 is 2.97 bits per heavy atom. The van der Waals surface area contributed by atoms with Gasteiger partial charge in [-0.15, -0.1) is 11.3 Å². The SMILES string of the molecule is N#Cc1ccc2sc(C3C(=O)NC(N4CCOCC4)=NC3=N[C@@H]3CCCNC3)nc2c1. The van der Waals surface area contributed by atoms with Crippen LogP contribution in [0.3, 0.4) is 0 Å². The van der Waals surface area contributed by atoms with Gasteiger partial charge in [-0.3, -0.25) is 15.1 Å². The second-order valence-corrected chi connectivity index (χ2v) is 8.85. The summed E-state index contributed by atoms with van der Waals surface area (Å²) in [5, 5.41) is 16.2. The Labute approximate surface area is 183 Å². The summed E-state index contributed by atoms with van der Waals surface area (Å²) in [5.74, 6) is 0.228. The minimum Gasteiger partial charge on any atom is -0.378 e. The molecule has 160 valence electrons. The summed E-state index contributed by atoms with van der Waals surface area (Å²) in [6.45, 7) is 4.35. The van der Waals surface area contributed by atoms with E-state index in [0.29, 0.717) is 54.2 Å². The van der Waals surface area contributed by atoms with Gasteiger partial charge in [0, 0.05) is 19.6 Å². The fourth-order valence-electron chi connectivity index (χ4n) is 4.02. The Kier molecular flexibility index (Phi) is 5.63. The number of nitrogens with zero attached hydrogens (tertiary/aromatic N) is 5. The van der Waals surface area contributed by atoms with Gasteiger partial charge in [0.2, 0.25) is 11.9 Å². The van der Waals surface area contributed by atoms with Crippen LogP contribution in [-0.2, 0) is 9.53 Å². The number of carbonyl (C=O) groups is 1. The van der Waals surface area contributed by atoms with Crippen LogP contribution in [0.15, 0.2) is 28.2 Å². The number of aromatic nitrogens is 1. The molecule has 5 rings (SSSR count). The lowest BCUT2D eigenvalue weighted by molar-refractivity contribution is -0.120. The molecule has 0 aliphatic carbocycles. The van der Waals surface area contributed by atoms with Gasteiger partial charge in [-0.05, 0) is 37.6 Å². The lowest BCUT2D eigenvalue weighted by Gasteiger charge is -2.33. The maximum atomic E-state index is 13.3. The first-order valence-corrected chi connectivity index (χ1v) is 11.3. The summed E-state index contributed by atoms with van der Waals surface area (Å²) in [6, 6.07) is 7.62. The zero-order valence-electron chi connectivity index (χ0n) is 17.0. The third-order valence-corrected chi connectivity index (χ3v) is 6.75. The van der Waals surface area contributed by atoms with Crippen molar-refractivity contribution in [1.29, 1.82) is 5.26 Å². The number of amidine groups is 1. The molecule has 4 heterocycles. The van der Waals surface area contributed by atoms with Crippen LogP contribution in [0.1, 0.15) is 29.3 Å². The van der Waals surface area contributed by atoms with E-state index in [1.54, 1.807) is 12.1 Å². The number of benzene rings is 1. The summed E-state index contributed by atoms with van der Waals surface area (Å²) in [6.07, 6.45) is 2.02. The smallest absolute Gasteiger partial charge is 0.244 e. The van der Waals surface area contributed by atoms with E-state index in [2.05, 4.69) is 21.7 Å². The number of piperidine rings is 1. The van der Waals surface area contributed by atoms with E-state index >= 15 is 0 Å². The van der Waals surface area contributed by atoms with Crippen LogP contribution < -0.4 is 10.6 Å². The first-order chi connectivity index (χ1) is 15.2. The fourth-order valence-corrected chi connectivity index (χ4v) is 5.07. The van der Waals surface area contributed by atoms with Crippen molar-refractivity contribution in [3.05, 3.63) is 28.8 Å². The van der Waals surface area contributed by atoms with Crippen molar-refractivity contribution in [1.82, 2.24) is 20.5 Å². The Morgan fingerprint density at radius 2 is 2.19 bits per heavy atom. The van der Waals surface area contributed by atoms with Gasteiger partial charge in [-0.2, -0.15) is 10.3 Å². The van der Waals surface area contributed by atoms with E-state index < -0.39 is 5.92 Å². The summed E-state index contributed by atoms with van der Waals surface area (Å²) < 4.78 is 6.36. The Hall–Kier alpha value is -2.87. The van der Waals surface area contributed by atoms with Crippen molar-refractivity contribution >= 4 is 39.3 Å². The lowest BCUT2D eigenvalue weighted by Crippen LogP contribution is -2.53. The van der Waals surface area contributed by atoms with Gasteiger partial charge < -0.3 is 15.0 Å². The summed E-state index contributed by atoms with van der Waals surface area (Å²) in [5.41, 5.74) is 1.26. The number of carbonyl (C=O) groups excluding carboxylic acids is 1. The Bertz CT molecular complexity index is 1090. The van der Waals surface area contributed by atoms with Crippen LogP contribution >= 0.6 is 11.3 Å². The predicted molar refractivity (Wildman–Crippen MR) is 118 cm³/mol. The minimum atomic E-state index is -0.658.